The van der Waals surface area contributed by atoms with Crippen LogP contribution in [0.15, 0.2) is 11.8 Å². The summed E-state index contributed by atoms with van der Waals surface area (Å²) in [5.74, 6) is -0.812. The van der Waals surface area contributed by atoms with Crippen LogP contribution in [0.25, 0.3) is 0 Å². The maximum Gasteiger partial charge on any atom is 0.316 e. The molecule has 0 radical (unpaired) electrons. The highest BCUT2D eigenvalue weighted by atomic mass is 16.2. The van der Waals surface area contributed by atoms with Gasteiger partial charge in [0.05, 0.1) is 5.57 Å². The molecule has 5 nitrogen and oxygen atoms in total. The van der Waals surface area contributed by atoms with Gasteiger partial charge in [0.2, 0.25) is 0 Å². The van der Waals surface area contributed by atoms with E-state index in [9.17, 15) is 14.4 Å². The normalized spacial score (nSPS) is 8.50. The molecule has 66 valence electrons. The predicted molar refractivity (Wildman–Crippen MR) is 42.2 cm³/mol. The number of rotatable bonds is 3. The minimum atomic E-state index is -0.810. The van der Waals surface area contributed by atoms with Crippen molar-refractivity contribution in [1.82, 2.24) is 5.32 Å². The Morgan fingerprint density at radius 3 is 1.83 bits per heavy atom. The molecule has 0 unspecified atom stereocenters. The molecule has 0 aliphatic carbocycles. The zero-order valence-electron chi connectivity index (χ0n) is 6.88. The number of ketones is 2. The number of carbonyl (C=O) groups is 3. The van der Waals surface area contributed by atoms with Crippen molar-refractivity contribution in [3.8, 4) is 0 Å². The number of primary amides is 1. The van der Waals surface area contributed by atoms with Gasteiger partial charge in [-0.2, -0.15) is 0 Å². The third-order valence-electron chi connectivity index (χ3n) is 1.12. The Kier molecular flexibility index (Phi) is 3.69. The van der Waals surface area contributed by atoms with Gasteiger partial charge in [-0.25, -0.2) is 4.79 Å². The molecule has 0 fully saturated rings. The number of urea groups is 1. The van der Waals surface area contributed by atoms with Crippen molar-refractivity contribution < 1.29 is 14.4 Å². The first-order valence-electron chi connectivity index (χ1n) is 3.23. The quantitative estimate of drug-likeness (QED) is 0.346. The van der Waals surface area contributed by atoms with Gasteiger partial charge in [0.1, 0.15) is 0 Å². The number of nitrogens with two attached hydrogens (primary N) is 1. The number of nitrogens with one attached hydrogen (secondary N) is 1. The van der Waals surface area contributed by atoms with Crippen molar-refractivity contribution >= 4 is 17.6 Å². The van der Waals surface area contributed by atoms with Crippen LogP contribution in [0.3, 0.4) is 0 Å². The van der Waals surface area contributed by atoms with E-state index in [2.05, 4.69) is 0 Å². The Hall–Kier alpha value is -1.65. The number of allylic oxidation sites excluding steroid dienone is 1. The van der Waals surface area contributed by atoms with Crippen LogP contribution in [-0.2, 0) is 9.59 Å². The van der Waals surface area contributed by atoms with Gasteiger partial charge < -0.3 is 11.1 Å². The average molecular weight is 170 g/mol. The van der Waals surface area contributed by atoms with E-state index in [-0.39, 0.29) is 5.57 Å². The maximum absolute atomic E-state index is 10.7. The average Bonchev–Trinajstić information content (AvgIpc) is 1.84. The third-order valence-corrected chi connectivity index (χ3v) is 1.12. The Balaban J connectivity index is 4.51. The number of amides is 2. The summed E-state index contributed by atoms with van der Waals surface area (Å²) in [5.41, 5.74) is 4.65. The fourth-order valence-corrected chi connectivity index (χ4v) is 0.594. The van der Waals surface area contributed by atoms with Gasteiger partial charge in [0, 0.05) is 6.20 Å². The molecule has 0 aromatic carbocycles. The van der Waals surface area contributed by atoms with Gasteiger partial charge in [-0.3, -0.25) is 9.59 Å². The molecule has 2 amide bonds. The smallest absolute Gasteiger partial charge is 0.316 e. The van der Waals surface area contributed by atoms with Crippen LogP contribution in [0.2, 0.25) is 0 Å². The Morgan fingerprint density at radius 1 is 1.17 bits per heavy atom. The van der Waals surface area contributed by atoms with Gasteiger partial charge in [-0.1, -0.05) is 0 Å². The van der Waals surface area contributed by atoms with E-state index < -0.39 is 17.6 Å². The van der Waals surface area contributed by atoms with Crippen LogP contribution < -0.4 is 11.1 Å². The monoisotopic (exact) mass is 170 g/mol. The molecule has 0 spiro atoms. The summed E-state index contributed by atoms with van der Waals surface area (Å²) in [7, 11) is 0. The van der Waals surface area contributed by atoms with E-state index in [1.54, 1.807) is 0 Å². The summed E-state index contributed by atoms with van der Waals surface area (Å²) in [5, 5.41) is 2.04. The van der Waals surface area contributed by atoms with Crippen LogP contribution in [0.1, 0.15) is 13.8 Å². The van der Waals surface area contributed by atoms with E-state index in [0.29, 0.717) is 0 Å². The fourth-order valence-electron chi connectivity index (χ4n) is 0.594. The Labute approximate surface area is 69.6 Å². The van der Waals surface area contributed by atoms with Crippen LogP contribution >= 0.6 is 0 Å². The van der Waals surface area contributed by atoms with Crippen molar-refractivity contribution in [3.63, 3.8) is 0 Å². The fraction of sp³-hybridized carbons (Fsp3) is 0.286. The standard InChI is InChI=1S/C7H10N2O3/c1-4(10)6(5(2)11)3-9-7(8)12/h3H,1-2H3,(H3,8,9,12). The van der Waals surface area contributed by atoms with Gasteiger partial charge in [-0.05, 0) is 13.8 Å². The molecular formula is C7H10N2O3. The second kappa shape index (κ2) is 4.27. The first-order valence-corrected chi connectivity index (χ1v) is 3.23. The van der Waals surface area contributed by atoms with E-state index in [4.69, 9.17) is 5.73 Å². The summed E-state index contributed by atoms with van der Waals surface area (Å²) in [6.07, 6.45) is 1.01. The summed E-state index contributed by atoms with van der Waals surface area (Å²) in [6.45, 7) is 2.46. The van der Waals surface area contributed by atoms with E-state index in [1.807, 2.05) is 5.32 Å². The molecule has 3 N–H and O–H groups in total. The molecule has 0 aliphatic heterocycles. The lowest BCUT2D eigenvalue weighted by Gasteiger charge is -1.97. The first-order chi connectivity index (χ1) is 5.45. The number of carbonyl (C=O) groups excluding carboxylic acids is 3. The van der Waals surface area contributed by atoms with Crippen LogP contribution in [0, 0.1) is 0 Å². The highest BCUT2D eigenvalue weighted by molar-refractivity contribution is 6.18. The lowest BCUT2D eigenvalue weighted by molar-refractivity contribution is -0.119. The van der Waals surface area contributed by atoms with Crippen molar-refractivity contribution in [1.29, 1.82) is 0 Å². The van der Waals surface area contributed by atoms with Crippen molar-refractivity contribution in [2.75, 3.05) is 0 Å². The number of Topliss-reactive ketones (excluding diaryl/α,β-unsaturated/α-hetero) is 2. The van der Waals surface area contributed by atoms with Gasteiger partial charge in [0.15, 0.2) is 11.6 Å². The molecule has 0 bridgehead atoms. The minimum absolute atomic E-state index is 0.0752. The molecule has 12 heavy (non-hydrogen) atoms. The lowest BCUT2D eigenvalue weighted by atomic mass is 10.1. The van der Waals surface area contributed by atoms with Gasteiger partial charge >= 0.3 is 6.03 Å². The topological polar surface area (TPSA) is 89.3 Å². The molecule has 0 aromatic heterocycles. The molecule has 0 heterocycles. The summed E-state index contributed by atoms with van der Waals surface area (Å²) < 4.78 is 0. The summed E-state index contributed by atoms with van der Waals surface area (Å²) in [4.78, 5) is 31.6. The van der Waals surface area contributed by atoms with Crippen molar-refractivity contribution in [3.05, 3.63) is 11.8 Å². The molecule has 5 heteroatoms. The third kappa shape index (κ3) is 3.50. The zero-order valence-corrected chi connectivity index (χ0v) is 6.88. The highest BCUT2D eigenvalue weighted by Crippen LogP contribution is 1.95. The Bertz CT molecular complexity index is 239. The predicted octanol–water partition coefficient (Wildman–Crippen LogP) is -0.283. The van der Waals surface area contributed by atoms with Crippen molar-refractivity contribution in [2.45, 2.75) is 13.8 Å². The van der Waals surface area contributed by atoms with E-state index in [1.165, 1.54) is 13.8 Å². The second-order valence-electron chi connectivity index (χ2n) is 2.18. The Morgan fingerprint density at radius 2 is 1.58 bits per heavy atom. The molecule has 0 atom stereocenters. The van der Waals surface area contributed by atoms with Crippen LogP contribution in [-0.4, -0.2) is 17.6 Å². The van der Waals surface area contributed by atoms with Crippen molar-refractivity contribution in [2.24, 2.45) is 5.73 Å². The van der Waals surface area contributed by atoms with E-state index >= 15 is 0 Å². The summed E-state index contributed by atoms with van der Waals surface area (Å²) >= 11 is 0. The molecule has 0 saturated carbocycles. The minimum Gasteiger partial charge on any atom is -0.351 e. The summed E-state index contributed by atoms with van der Waals surface area (Å²) in [6, 6.07) is -0.810. The lowest BCUT2D eigenvalue weighted by Crippen LogP contribution is -2.26. The molecule has 0 saturated heterocycles. The molecule has 0 aromatic rings. The molecule has 0 rings (SSSR count). The van der Waals surface area contributed by atoms with Gasteiger partial charge in [0.25, 0.3) is 0 Å². The van der Waals surface area contributed by atoms with E-state index in [0.717, 1.165) is 6.20 Å². The molecular weight excluding hydrogens is 160 g/mol. The highest BCUT2D eigenvalue weighted by Gasteiger charge is 2.08. The second-order valence-corrected chi connectivity index (χ2v) is 2.18. The number of hydrogen-bond acceptors (Lipinski definition) is 3. The molecule has 0 aliphatic rings. The maximum atomic E-state index is 10.7. The van der Waals surface area contributed by atoms with Gasteiger partial charge in [-0.15, -0.1) is 0 Å². The van der Waals surface area contributed by atoms with Crippen LogP contribution in [0.4, 0.5) is 4.79 Å². The zero-order chi connectivity index (χ0) is 9.72. The number of hydrogen-bond donors (Lipinski definition) is 2. The van der Waals surface area contributed by atoms with Crippen LogP contribution in [0.5, 0.6) is 0 Å². The largest absolute Gasteiger partial charge is 0.351 e. The first kappa shape index (κ1) is 10.3. The SMILES string of the molecule is CC(=O)C(=CNC(N)=O)C(C)=O.